The molecule has 55 heavy (non-hydrogen) atoms. The van der Waals surface area contributed by atoms with Crippen LogP contribution >= 0.6 is 0 Å². The fraction of sp³-hybridized carbons (Fsp3) is 0.318. The number of aliphatic hydroxyl groups is 2. The second-order valence-electron chi connectivity index (χ2n) is 15.7. The molecule has 286 valence electrons. The first-order valence-electron chi connectivity index (χ1n) is 18.8. The van der Waals surface area contributed by atoms with Gasteiger partial charge in [0.05, 0.1) is 36.8 Å². The molecule has 9 nitrogen and oxygen atoms in total. The molecule has 4 aromatic carbocycles. The first kappa shape index (κ1) is 40.1. The lowest BCUT2D eigenvalue weighted by Crippen LogP contribution is -2.66. The summed E-state index contributed by atoms with van der Waals surface area (Å²) in [6.07, 6.45) is 1.67. The molecule has 0 bridgehead atoms. The van der Waals surface area contributed by atoms with Crippen LogP contribution in [0.4, 0.5) is 5.69 Å². The second kappa shape index (κ2) is 16.6. The molecule has 11 heteroatoms. The Morgan fingerprint density at radius 3 is 2.11 bits per heavy atom. The maximum atomic E-state index is 14.3. The largest absolute Gasteiger partial charge is 0.507 e. The minimum Gasteiger partial charge on any atom is -0.507 e. The molecule has 0 radical (unpaired) electrons. The summed E-state index contributed by atoms with van der Waals surface area (Å²) in [4.78, 5) is 29.7. The second-order valence-corrected chi connectivity index (χ2v) is 20.0. The van der Waals surface area contributed by atoms with Crippen LogP contribution in [0.25, 0.3) is 6.08 Å². The van der Waals surface area contributed by atoms with Crippen LogP contribution in [0.1, 0.15) is 52.5 Å². The molecule has 2 aliphatic rings. The predicted molar refractivity (Wildman–Crippen MR) is 219 cm³/mol. The number of amides is 2. The van der Waals surface area contributed by atoms with Crippen molar-refractivity contribution in [3.8, 4) is 5.75 Å². The van der Waals surface area contributed by atoms with Crippen LogP contribution in [0, 0.1) is 17.8 Å². The van der Waals surface area contributed by atoms with Crippen molar-refractivity contribution < 1.29 is 39.4 Å². The van der Waals surface area contributed by atoms with Crippen molar-refractivity contribution in [2.75, 3.05) is 18.1 Å². The summed E-state index contributed by atoms with van der Waals surface area (Å²) in [6, 6.07) is 33.4. The van der Waals surface area contributed by atoms with Gasteiger partial charge in [0.1, 0.15) is 5.75 Å². The Kier molecular flexibility index (Phi) is 12.1. The number of nitrogens with zero attached hydrogens (tertiary/aromatic N) is 1. The van der Waals surface area contributed by atoms with E-state index in [4.69, 9.17) is 4.43 Å². The van der Waals surface area contributed by atoms with Crippen LogP contribution in [-0.4, -0.2) is 71.9 Å². The van der Waals surface area contributed by atoms with Gasteiger partial charge in [0.15, 0.2) is 0 Å². The molecule has 1 saturated heterocycles. The zero-order valence-electron chi connectivity index (χ0n) is 31.8. The number of imide groups is 1. The minimum absolute atomic E-state index is 0.0692. The number of benzene rings is 4. The average Bonchev–Trinajstić information content (AvgIpc) is 3.42. The third-order valence-electron chi connectivity index (χ3n) is 11.2. The van der Waals surface area contributed by atoms with Crippen LogP contribution in [0.5, 0.6) is 5.75 Å². The van der Waals surface area contributed by atoms with Crippen LogP contribution in [-0.2, 0) is 14.0 Å². The van der Waals surface area contributed by atoms with Gasteiger partial charge in [0.2, 0.25) is 11.8 Å². The van der Waals surface area contributed by atoms with E-state index in [9.17, 15) is 35.0 Å². The third kappa shape index (κ3) is 7.91. The normalized spacial score (nSPS) is 19.8. The lowest BCUT2D eigenvalue weighted by Gasteiger charge is -2.44. The van der Waals surface area contributed by atoms with Crippen molar-refractivity contribution in [2.24, 2.45) is 17.8 Å². The number of phenols is 1. The van der Waals surface area contributed by atoms with E-state index in [-0.39, 0.29) is 41.4 Å². The van der Waals surface area contributed by atoms with Gasteiger partial charge in [-0.1, -0.05) is 123 Å². The number of aromatic hydroxyl groups is 1. The first-order valence-corrected chi connectivity index (χ1v) is 20.7. The van der Waals surface area contributed by atoms with Crippen LogP contribution < -0.4 is 20.7 Å². The van der Waals surface area contributed by atoms with Crippen molar-refractivity contribution in [3.05, 3.63) is 131 Å². The van der Waals surface area contributed by atoms with E-state index >= 15 is 0 Å². The molecule has 1 fully saturated rings. The van der Waals surface area contributed by atoms with Crippen molar-refractivity contribution in [3.63, 3.8) is 0 Å². The fourth-order valence-electron chi connectivity index (χ4n) is 8.59. The lowest BCUT2D eigenvalue weighted by molar-refractivity contribution is -0.123. The van der Waals surface area contributed by atoms with Gasteiger partial charge in [-0.05, 0) is 76.4 Å². The van der Waals surface area contributed by atoms with Gasteiger partial charge in [0, 0.05) is 11.5 Å². The average molecular weight is 760 g/mol. The number of aliphatic hydroxyl groups excluding tert-OH is 2. The molecule has 4 atom stereocenters. The minimum atomic E-state index is -3.08. The number of allylic oxidation sites excluding steroid dienone is 1. The topological polar surface area (TPSA) is 148 Å². The summed E-state index contributed by atoms with van der Waals surface area (Å²) in [7, 11) is -4.88. The zero-order valence-corrected chi connectivity index (χ0v) is 32.8. The highest BCUT2D eigenvalue weighted by Gasteiger charge is 2.56. The Bertz CT molecular complexity index is 2020. The highest BCUT2D eigenvalue weighted by atomic mass is 28.4. The van der Waals surface area contributed by atoms with E-state index in [0.717, 1.165) is 20.8 Å². The van der Waals surface area contributed by atoms with Gasteiger partial charge >= 0.3 is 7.12 Å². The third-order valence-corrected chi connectivity index (χ3v) is 16.2. The van der Waals surface area contributed by atoms with Gasteiger partial charge in [-0.25, -0.2) is 0 Å². The van der Waals surface area contributed by atoms with Gasteiger partial charge in [-0.3, -0.25) is 14.5 Å². The quantitative estimate of drug-likeness (QED) is 0.0771. The van der Waals surface area contributed by atoms with E-state index in [1.165, 1.54) is 12.1 Å². The molecule has 4 aromatic rings. The first-order chi connectivity index (χ1) is 26.3. The number of rotatable bonds is 13. The summed E-state index contributed by atoms with van der Waals surface area (Å²) in [5.41, 5.74) is 3.13. The highest BCUT2D eigenvalue weighted by Crippen LogP contribution is 2.48. The van der Waals surface area contributed by atoms with Crippen molar-refractivity contribution >= 4 is 54.8 Å². The summed E-state index contributed by atoms with van der Waals surface area (Å²) in [5, 5.41) is 55.0. The monoisotopic (exact) mass is 759 g/mol. The van der Waals surface area contributed by atoms with E-state index in [1.54, 1.807) is 24.3 Å². The van der Waals surface area contributed by atoms with Crippen LogP contribution in [0.2, 0.25) is 5.04 Å². The Hall–Kier alpha value is -4.62. The molecule has 0 saturated carbocycles. The molecular formula is C44H50BNO8Si. The van der Waals surface area contributed by atoms with Crippen molar-refractivity contribution in [1.29, 1.82) is 0 Å². The van der Waals surface area contributed by atoms with Gasteiger partial charge in [-0.15, -0.1) is 0 Å². The molecule has 1 heterocycles. The summed E-state index contributed by atoms with van der Waals surface area (Å²) >= 11 is 0. The number of carbonyl (C=O) groups excluding carboxylic acids is 2. The molecule has 2 amide bonds. The SMILES string of the molecule is C/C(=C\c1ccccc1O)CC[C@@H](O)C1=C(CO[Si](c2ccccc2)(c2ccccc2)C(C)(C)C)C[C@H]2C(=O)N(c3cccc(B(O)O)c3)C(=O)[C@H]2[C@H]1CO. The summed E-state index contributed by atoms with van der Waals surface area (Å²) in [5.74, 6) is -3.45. The molecule has 1 aliphatic heterocycles. The zero-order chi connectivity index (χ0) is 39.5. The van der Waals surface area contributed by atoms with E-state index in [1.807, 2.05) is 61.5 Å². The van der Waals surface area contributed by atoms with Crippen molar-refractivity contribution in [1.82, 2.24) is 0 Å². The number of phenolic OH excluding ortho intramolecular Hbond substituents is 1. The van der Waals surface area contributed by atoms with Gasteiger partial charge in [-0.2, -0.15) is 0 Å². The lowest BCUT2D eigenvalue weighted by atomic mass is 9.68. The molecule has 1 aliphatic carbocycles. The molecule has 6 rings (SSSR count). The maximum absolute atomic E-state index is 14.3. The van der Waals surface area contributed by atoms with E-state index in [2.05, 4.69) is 45.0 Å². The fourth-order valence-corrected chi connectivity index (χ4v) is 13.1. The highest BCUT2D eigenvalue weighted by molar-refractivity contribution is 6.99. The summed E-state index contributed by atoms with van der Waals surface area (Å²) in [6.45, 7) is 8.03. The predicted octanol–water partition coefficient (Wildman–Crippen LogP) is 4.31. The van der Waals surface area contributed by atoms with Crippen molar-refractivity contribution in [2.45, 2.75) is 58.1 Å². The Morgan fingerprint density at radius 2 is 1.53 bits per heavy atom. The molecule has 0 unspecified atom stereocenters. The Morgan fingerprint density at radius 1 is 0.909 bits per heavy atom. The molecule has 0 aromatic heterocycles. The molecule has 0 spiro atoms. The molecular weight excluding hydrogens is 709 g/mol. The standard InChI is InChI=1S/C44H50BNO8Si/c1-29(24-30-14-11-12-21-38(30)48)22-23-39(49)40-31(28-54-55(44(2,3)4,34-17-7-5-8-18-34)35-19-9-6-10-20-35)25-36-41(37(40)27-47)43(51)46(42(36)50)33-16-13-15-32(26-33)45(52)53/h5-21,24,26,36-37,39,41,47-49,52-53H,22-23,25,27-28H2,1-4H3/b29-24+/t36-,37+,39-,41-/m1/s1. The van der Waals surface area contributed by atoms with E-state index in [0.29, 0.717) is 23.1 Å². The number of hydrogen-bond acceptors (Lipinski definition) is 8. The van der Waals surface area contributed by atoms with Crippen LogP contribution in [0.15, 0.2) is 126 Å². The van der Waals surface area contributed by atoms with Gasteiger partial charge in [0.25, 0.3) is 8.32 Å². The maximum Gasteiger partial charge on any atom is 0.488 e. The number of hydrogen-bond donors (Lipinski definition) is 5. The van der Waals surface area contributed by atoms with Gasteiger partial charge < -0.3 is 29.8 Å². The number of para-hydroxylation sites is 1. The van der Waals surface area contributed by atoms with E-state index < -0.39 is 57.7 Å². The van der Waals surface area contributed by atoms with Crippen LogP contribution in [0.3, 0.4) is 0 Å². The summed E-state index contributed by atoms with van der Waals surface area (Å²) < 4.78 is 7.34. The number of anilines is 1. The smallest absolute Gasteiger partial charge is 0.488 e. The molecule has 5 N–H and O–H groups in total. The Balaban J connectivity index is 1.42. The Labute approximate surface area is 324 Å². The number of carbonyl (C=O) groups is 2. The number of fused-ring (bicyclic) bond motifs is 1.